The maximum Gasteiger partial charge on any atom is 0.127 e. The zero-order chi connectivity index (χ0) is 10.7. The summed E-state index contributed by atoms with van der Waals surface area (Å²) in [6, 6.07) is 7.22. The Labute approximate surface area is 89.4 Å². The third-order valence-electron chi connectivity index (χ3n) is 2.89. The molecule has 2 nitrogen and oxygen atoms in total. The average Bonchev–Trinajstić information content (AvgIpc) is 2.63. The summed E-state index contributed by atoms with van der Waals surface area (Å²) in [5.41, 5.74) is 0.719. The van der Waals surface area contributed by atoms with Gasteiger partial charge in [-0.3, -0.25) is 0 Å². The van der Waals surface area contributed by atoms with Crippen LogP contribution in [0.2, 0.25) is 0 Å². The normalized spacial score (nSPS) is 25.7. The molecule has 1 aliphatic heterocycles. The minimum atomic E-state index is -0.142. The summed E-state index contributed by atoms with van der Waals surface area (Å²) >= 11 is 0. The van der Waals surface area contributed by atoms with Crippen molar-refractivity contribution in [3.63, 3.8) is 0 Å². The van der Waals surface area contributed by atoms with Gasteiger partial charge in [0.15, 0.2) is 0 Å². The van der Waals surface area contributed by atoms with Crippen molar-refractivity contribution < 1.29 is 9.13 Å². The SMILES string of the molecule is C[C@@H]1OCC[C@@H]1NCc1ccccc1F. The van der Waals surface area contributed by atoms with Gasteiger partial charge in [-0.05, 0) is 19.4 Å². The molecule has 1 aliphatic rings. The van der Waals surface area contributed by atoms with Crippen LogP contribution in [0.1, 0.15) is 18.9 Å². The number of hydrogen-bond donors (Lipinski definition) is 1. The van der Waals surface area contributed by atoms with E-state index in [1.807, 2.05) is 19.1 Å². The van der Waals surface area contributed by atoms with E-state index in [9.17, 15) is 4.39 Å². The van der Waals surface area contributed by atoms with Crippen molar-refractivity contribution in [2.45, 2.75) is 32.0 Å². The van der Waals surface area contributed by atoms with Crippen LogP contribution in [0.25, 0.3) is 0 Å². The summed E-state index contributed by atoms with van der Waals surface area (Å²) in [5.74, 6) is -0.142. The number of halogens is 1. The van der Waals surface area contributed by atoms with E-state index in [0.29, 0.717) is 12.6 Å². The first-order valence-corrected chi connectivity index (χ1v) is 5.36. The molecular weight excluding hydrogens is 193 g/mol. The third-order valence-corrected chi connectivity index (χ3v) is 2.89. The van der Waals surface area contributed by atoms with Crippen molar-refractivity contribution in [3.05, 3.63) is 35.6 Å². The Bertz CT molecular complexity index is 329. The van der Waals surface area contributed by atoms with E-state index >= 15 is 0 Å². The number of rotatable bonds is 3. The second kappa shape index (κ2) is 4.73. The molecule has 0 bridgehead atoms. The monoisotopic (exact) mass is 209 g/mol. The van der Waals surface area contributed by atoms with E-state index in [1.165, 1.54) is 6.07 Å². The molecule has 1 aromatic rings. The number of benzene rings is 1. The molecule has 2 atom stereocenters. The zero-order valence-electron chi connectivity index (χ0n) is 8.87. The molecule has 2 rings (SSSR count). The van der Waals surface area contributed by atoms with Gasteiger partial charge in [0.2, 0.25) is 0 Å². The first kappa shape index (κ1) is 10.6. The fourth-order valence-electron chi connectivity index (χ4n) is 1.88. The Balaban J connectivity index is 1.90. The van der Waals surface area contributed by atoms with Crippen LogP contribution in [-0.4, -0.2) is 18.8 Å². The fourth-order valence-corrected chi connectivity index (χ4v) is 1.88. The van der Waals surface area contributed by atoms with E-state index in [0.717, 1.165) is 18.6 Å². The Morgan fingerprint density at radius 2 is 2.27 bits per heavy atom. The van der Waals surface area contributed by atoms with Crippen molar-refractivity contribution in [3.8, 4) is 0 Å². The molecule has 0 radical (unpaired) electrons. The molecule has 0 amide bonds. The van der Waals surface area contributed by atoms with E-state index in [4.69, 9.17) is 4.74 Å². The lowest BCUT2D eigenvalue weighted by molar-refractivity contribution is 0.113. The van der Waals surface area contributed by atoms with Gasteiger partial charge in [-0.2, -0.15) is 0 Å². The second-order valence-corrected chi connectivity index (χ2v) is 3.94. The summed E-state index contributed by atoms with van der Waals surface area (Å²) in [5, 5.41) is 3.32. The average molecular weight is 209 g/mol. The van der Waals surface area contributed by atoms with Crippen LogP contribution in [0.3, 0.4) is 0 Å². The van der Waals surface area contributed by atoms with Crippen LogP contribution in [-0.2, 0) is 11.3 Å². The maximum atomic E-state index is 13.3. The molecule has 0 spiro atoms. The van der Waals surface area contributed by atoms with Gasteiger partial charge in [0, 0.05) is 24.8 Å². The minimum Gasteiger partial charge on any atom is -0.377 e. The topological polar surface area (TPSA) is 21.3 Å². The molecule has 1 saturated heterocycles. The first-order valence-electron chi connectivity index (χ1n) is 5.36. The highest BCUT2D eigenvalue weighted by molar-refractivity contribution is 5.17. The molecule has 3 heteroatoms. The molecule has 1 N–H and O–H groups in total. The van der Waals surface area contributed by atoms with Crippen molar-refractivity contribution in [2.24, 2.45) is 0 Å². The number of ether oxygens (including phenoxy) is 1. The van der Waals surface area contributed by atoms with E-state index in [1.54, 1.807) is 6.07 Å². The minimum absolute atomic E-state index is 0.142. The lowest BCUT2D eigenvalue weighted by Crippen LogP contribution is -2.34. The second-order valence-electron chi connectivity index (χ2n) is 3.94. The van der Waals surface area contributed by atoms with Crippen LogP contribution in [0, 0.1) is 5.82 Å². The lowest BCUT2D eigenvalue weighted by atomic mass is 10.1. The molecule has 1 heterocycles. The first-order chi connectivity index (χ1) is 7.27. The molecule has 82 valence electrons. The van der Waals surface area contributed by atoms with E-state index < -0.39 is 0 Å². The summed E-state index contributed by atoms with van der Waals surface area (Å²) < 4.78 is 18.7. The van der Waals surface area contributed by atoms with Crippen LogP contribution in [0.4, 0.5) is 4.39 Å². The lowest BCUT2D eigenvalue weighted by Gasteiger charge is -2.16. The predicted octanol–water partition coefficient (Wildman–Crippen LogP) is 2.09. The molecule has 0 unspecified atom stereocenters. The zero-order valence-corrected chi connectivity index (χ0v) is 8.87. The fraction of sp³-hybridized carbons (Fsp3) is 0.500. The van der Waals surface area contributed by atoms with Gasteiger partial charge < -0.3 is 10.1 Å². The van der Waals surface area contributed by atoms with Gasteiger partial charge >= 0.3 is 0 Å². The molecule has 0 saturated carbocycles. The quantitative estimate of drug-likeness (QED) is 0.823. The largest absolute Gasteiger partial charge is 0.377 e. The van der Waals surface area contributed by atoms with Gasteiger partial charge in [-0.25, -0.2) is 4.39 Å². The van der Waals surface area contributed by atoms with Crippen LogP contribution in [0.15, 0.2) is 24.3 Å². The molecular formula is C12H16FNO. The third kappa shape index (κ3) is 2.55. The summed E-state index contributed by atoms with van der Waals surface area (Å²) in [4.78, 5) is 0. The van der Waals surface area contributed by atoms with Gasteiger partial charge in [0.05, 0.1) is 6.10 Å². The Morgan fingerprint density at radius 3 is 2.93 bits per heavy atom. The summed E-state index contributed by atoms with van der Waals surface area (Å²) in [6.07, 6.45) is 1.24. The number of nitrogens with one attached hydrogen (secondary N) is 1. The molecule has 1 fully saturated rings. The smallest absolute Gasteiger partial charge is 0.127 e. The van der Waals surface area contributed by atoms with Crippen molar-refractivity contribution >= 4 is 0 Å². The molecule has 1 aromatic carbocycles. The van der Waals surface area contributed by atoms with E-state index in [2.05, 4.69) is 5.32 Å². The highest BCUT2D eigenvalue weighted by Gasteiger charge is 2.23. The summed E-state index contributed by atoms with van der Waals surface area (Å²) in [7, 11) is 0. The van der Waals surface area contributed by atoms with Crippen molar-refractivity contribution in [1.82, 2.24) is 5.32 Å². The highest BCUT2D eigenvalue weighted by atomic mass is 19.1. The van der Waals surface area contributed by atoms with Crippen LogP contribution in [0.5, 0.6) is 0 Å². The van der Waals surface area contributed by atoms with Crippen LogP contribution >= 0.6 is 0 Å². The maximum absolute atomic E-state index is 13.3. The highest BCUT2D eigenvalue weighted by Crippen LogP contribution is 2.14. The van der Waals surface area contributed by atoms with Gasteiger partial charge in [0.1, 0.15) is 5.82 Å². The van der Waals surface area contributed by atoms with Gasteiger partial charge in [-0.15, -0.1) is 0 Å². The number of hydrogen-bond acceptors (Lipinski definition) is 2. The molecule has 15 heavy (non-hydrogen) atoms. The predicted molar refractivity (Wildman–Crippen MR) is 57.1 cm³/mol. The summed E-state index contributed by atoms with van der Waals surface area (Å²) in [6.45, 7) is 3.42. The Kier molecular flexibility index (Phi) is 3.34. The molecule has 0 aliphatic carbocycles. The van der Waals surface area contributed by atoms with E-state index in [-0.39, 0.29) is 11.9 Å². The Hall–Kier alpha value is -0.930. The molecule has 0 aromatic heterocycles. The standard InChI is InChI=1S/C12H16FNO/c1-9-12(6-7-15-9)14-8-10-4-2-3-5-11(10)13/h2-5,9,12,14H,6-8H2,1H3/t9-,12-/m0/s1. The Morgan fingerprint density at radius 1 is 1.47 bits per heavy atom. The van der Waals surface area contributed by atoms with Crippen LogP contribution < -0.4 is 5.32 Å². The van der Waals surface area contributed by atoms with Crippen molar-refractivity contribution in [2.75, 3.05) is 6.61 Å². The van der Waals surface area contributed by atoms with Gasteiger partial charge in [-0.1, -0.05) is 18.2 Å². The van der Waals surface area contributed by atoms with Crippen molar-refractivity contribution in [1.29, 1.82) is 0 Å². The van der Waals surface area contributed by atoms with Gasteiger partial charge in [0.25, 0.3) is 0 Å².